The van der Waals surface area contributed by atoms with E-state index in [-0.39, 0.29) is 12.2 Å². The predicted octanol–water partition coefficient (Wildman–Crippen LogP) is 2.57. The van der Waals surface area contributed by atoms with Gasteiger partial charge in [-0.2, -0.15) is 0 Å². The van der Waals surface area contributed by atoms with E-state index in [0.29, 0.717) is 10.8 Å². The van der Waals surface area contributed by atoms with E-state index in [2.05, 4.69) is 22.6 Å². The molecule has 1 aromatic heterocycles. The first kappa shape index (κ1) is 12.1. The average molecular weight is 344 g/mol. The lowest BCUT2D eigenvalue weighted by Crippen LogP contribution is -2.09. The molecule has 1 aromatic carbocycles. The smallest absolute Gasteiger partial charge is 0.343 e. The highest BCUT2D eigenvalue weighted by Crippen LogP contribution is 2.19. The van der Waals surface area contributed by atoms with Crippen molar-refractivity contribution >= 4 is 39.3 Å². The van der Waals surface area contributed by atoms with Crippen molar-refractivity contribution in [2.24, 2.45) is 0 Å². The SMILES string of the molecule is CCOC(=O)c1coc(=O)c2cc(I)ccc12. The van der Waals surface area contributed by atoms with Gasteiger partial charge >= 0.3 is 11.6 Å². The fourth-order valence-electron chi connectivity index (χ4n) is 1.53. The molecule has 0 radical (unpaired) electrons. The maximum Gasteiger partial charge on any atom is 0.343 e. The van der Waals surface area contributed by atoms with Crippen molar-refractivity contribution in [3.05, 3.63) is 44.0 Å². The fourth-order valence-corrected chi connectivity index (χ4v) is 2.02. The monoisotopic (exact) mass is 344 g/mol. The third-order valence-corrected chi connectivity index (χ3v) is 2.94. The van der Waals surface area contributed by atoms with Crippen LogP contribution in [-0.2, 0) is 4.74 Å². The van der Waals surface area contributed by atoms with Crippen LogP contribution in [0.15, 0.2) is 33.7 Å². The van der Waals surface area contributed by atoms with E-state index in [9.17, 15) is 9.59 Å². The molecule has 0 aliphatic rings. The van der Waals surface area contributed by atoms with Crippen LogP contribution in [0.2, 0.25) is 0 Å². The second kappa shape index (κ2) is 4.87. The second-order valence-corrected chi connectivity index (χ2v) is 4.59. The zero-order chi connectivity index (χ0) is 12.4. The normalized spacial score (nSPS) is 10.5. The molecule has 2 aromatic rings. The Hall–Kier alpha value is -1.37. The fraction of sp³-hybridized carbons (Fsp3) is 0.167. The molecular weight excluding hydrogens is 335 g/mol. The van der Waals surface area contributed by atoms with Crippen LogP contribution in [-0.4, -0.2) is 12.6 Å². The molecule has 0 bridgehead atoms. The molecule has 4 nitrogen and oxygen atoms in total. The Kier molecular flexibility index (Phi) is 3.46. The maximum atomic E-state index is 11.7. The molecule has 0 unspecified atom stereocenters. The summed E-state index contributed by atoms with van der Waals surface area (Å²) in [5.41, 5.74) is -0.176. The summed E-state index contributed by atoms with van der Waals surface area (Å²) >= 11 is 2.09. The number of halogens is 1. The Morgan fingerprint density at radius 2 is 2.18 bits per heavy atom. The van der Waals surface area contributed by atoms with E-state index in [4.69, 9.17) is 9.15 Å². The highest BCUT2D eigenvalue weighted by molar-refractivity contribution is 14.1. The lowest BCUT2D eigenvalue weighted by atomic mass is 10.1. The summed E-state index contributed by atoms with van der Waals surface area (Å²) in [6, 6.07) is 5.23. The minimum absolute atomic E-state index is 0.276. The van der Waals surface area contributed by atoms with Gasteiger partial charge in [-0.3, -0.25) is 0 Å². The van der Waals surface area contributed by atoms with Gasteiger partial charge in [-0.1, -0.05) is 6.07 Å². The van der Waals surface area contributed by atoms with Crippen molar-refractivity contribution in [3.63, 3.8) is 0 Å². The number of hydrogen-bond acceptors (Lipinski definition) is 4. The van der Waals surface area contributed by atoms with Crippen LogP contribution in [0.4, 0.5) is 0 Å². The van der Waals surface area contributed by atoms with Crippen LogP contribution in [0.5, 0.6) is 0 Å². The molecule has 0 amide bonds. The summed E-state index contributed by atoms with van der Waals surface area (Å²) in [7, 11) is 0. The average Bonchev–Trinajstić information content (AvgIpc) is 2.30. The number of carbonyl (C=O) groups is 1. The zero-order valence-electron chi connectivity index (χ0n) is 9.03. The van der Waals surface area contributed by atoms with E-state index < -0.39 is 11.6 Å². The van der Waals surface area contributed by atoms with Crippen LogP contribution in [0, 0.1) is 3.57 Å². The molecule has 17 heavy (non-hydrogen) atoms. The van der Waals surface area contributed by atoms with E-state index in [1.54, 1.807) is 19.1 Å². The molecular formula is C12H9IO4. The van der Waals surface area contributed by atoms with Crippen molar-refractivity contribution in [2.75, 3.05) is 6.61 Å². The lowest BCUT2D eigenvalue weighted by molar-refractivity contribution is 0.0526. The number of fused-ring (bicyclic) bond motifs is 1. The summed E-state index contributed by atoms with van der Waals surface area (Å²) in [6.45, 7) is 2.01. The molecule has 0 atom stereocenters. The zero-order valence-corrected chi connectivity index (χ0v) is 11.2. The minimum Gasteiger partial charge on any atom is -0.462 e. The van der Waals surface area contributed by atoms with Gasteiger partial charge in [0.15, 0.2) is 0 Å². The van der Waals surface area contributed by atoms with Crippen LogP contribution in [0.3, 0.4) is 0 Å². The third kappa shape index (κ3) is 2.33. The van der Waals surface area contributed by atoms with E-state index in [0.717, 1.165) is 9.83 Å². The minimum atomic E-state index is -0.484. The maximum absolute atomic E-state index is 11.7. The number of carbonyl (C=O) groups excluding carboxylic acids is 1. The molecule has 1 heterocycles. The van der Waals surface area contributed by atoms with Gasteiger partial charge in [-0.15, -0.1) is 0 Å². The topological polar surface area (TPSA) is 56.5 Å². The largest absolute Gasteiger partial charge is 0.462 e. The molecule has 0 fully saturated rings. The van der Waals surface area contributed by atoms with E-state index >= 15 is 0 Å². The number of esters is 1. The third-order valence-electron chi connectivity index (χ3n) is 2.27. The Labute approximate surface area is 111 Å². The summed E-state index contributed by atoms with van der Waals surface area (Å²) in [6.07, 6.45) is 1.15. The molecule has 88 valence electrons. The second-order valence-electron chi connectivity index (χ2n) is 3.35. The number of benzene rings is 1. The molecule has 5 heteroatoms. The van der Waals surface area contributed by atoms with Crippen molar-refractivity contribution in [3.8, 4) is 0 Å². The van der Waals surface area contributed by atoms with Crippen LogP contribution in [0.25, 0.3) is 10.8 Å². The number of ether oxygens (including phenoxy) is 1. The van der Waals surface area contributed by atoms with Gasteiger partial charge < -0.3 is 9.15 Å². The quantitative estimate of drug-likeness (QED) is 0.621. The molecule has 0 aliphatic heterocycles. The van der Waals surface area contributed by atoms with Gasteiger partial charge in [-0.05, 0) is 41.6 Å². The summed E-state index contributed by atoms with van der Waals surface area (Å²) in [5.74, 6) is -0.484. The number of hydrogen-bond donors (Lipinski definition) is 0. The van der Waals surface area contributed by atoms with Gasteiger partial charge in [-0.25, -0.2) is 9.59 Å². The first-order chi connectivity index (χ1) is 8.13. The standard InChI is InChI=1S/C12H9IO4/c1-2-16-12(15)10-6-17-11(14)9-5-7(13)3-4-8(9)10/h3-6H,2H2,1H3. The van der Waals surface area contributed by atoms with Gasteiger partial charge in [0.25, 0.3) is 0 Å². The van der Waals surface area contributed by atoms with Crippen molar-refractivity contribution in [1.82, 2.24) is 0 Å². The van der Waals surface area contributed by atoms with E-state index in [1.807, 2.05) is 6.07 Å². The number of rotatable bonds is 2. The van der Waals surface area contributed by atoms with Crippen LogP contribution in [0.1, 0.15) is 17.3 Å². The molecule has 0 N–H and O–H groups in total. The van der Waals surface area contributed by atoms with Crippen LogP contribution < -0.4 is 5.63 Å². The van der Waals surface area contributed by atoms with Gasteiger partial charge in [0.2, 0.25) is 0 Å². The molecule has 0 saturated carbocycles. The Balaban J connectivity index is 2.70. The van der Waals surface area contributed by atoms with Crippen molar-refractivity contribution in [2.45, 2.75) is 6.92 Å². The van der Waals surface area contributed by atoms with Crippen molar-refractivity contribution in [1.29, 1.82) is 0 Å². The molecule has 0 spiro atoms. The molecule has 0 aliphatic carbocycles. The molecule has 2 rings (SSSR count). The summed E-state index contributed by atoms with van der Waals surface area (Å²) in [4.78, 5) is 23.2. The highest BCUT2D eigenvalue weighted by atomic mass is 127. The highest BCUT2D eigenvalue weighted by Gasteiger charge is 2.14. The Morgan fingerprint density at radius 1 is 1.41 bits per heavy atom. The van der Waals surface area contributed by atoms with Gasteiger partial charge in [0.1, 0.15) is 11.8 Å². The summed E-state index contributed by atoms with van der Waals surface area (Å²) in [5, 5.41) is 0.947. The Bertz CT molecular complexity index is 630. The van der Waals surface area contributed by atoms with Gasteiger partial charge in [0.05, 0.1) is 12.0 Å². The molecule has 0 saturated heterocycles. The van der Waals surface area contributed by atoms with Crippen molar-refractivity contribution < 1.29 is 13.9 Å². The van der Waals surface area contributed by atoms with Gasteiger partial charge in [0, 0.05) is 8.96 Å². The predicted molar refractivity (Wildman–Crippen MR) is 71.2 cm³/mol. The lowest BCUT2D eigenvalue weighted by Gasteiger charge is -2.04. The first-order valence-electron chi connectivity index (χ1n) is 5.01. The summed E-state index contributed by atoms with van der Waals surface area (Å²) < 4.78 is 10.6. The van der Waals surface area contributed by atoms with E-state index in [1.165, 1.54) is 0 Å². The van der Waals surface area contributed by atoms with Crippen LogP contribution >= 0.6 is 22.6 Å². The Morgan fingerprint density at radius 3 is 2.88 bits per heavy atom. The first-order valence-corrected chi connectivity index (χ1v) is 6.09.